The van der Waals surface area contributed by atoms with Gasteiger partial charge in [0.05, 0.1) is 0 Å². The zero-order valence-corrected chi connectivity index (χ0v) is 17.3. The molecule has 1 fully saturated rings. The molecule has 3 heteroatoms. The lowest BCUT2D eigenvalue weighted by atomic mass is 10.1. The van der Waals surface area contributed by atoms with Crippen molar-refractivity contribution in [1.82, 2.24) is 4.90 Å². The molecule has 0 aromatic carbocycles. The second-order valence-electron chi connectivity index (χ2n) is 8.01. The Morgan fingerprint density at radius 1 is 0.923 bits per heavy atom. The maximum atomic E-state index is 12.1. The molecule has 0 unspecified atom stereocenters. The molecule has 1 saturated heterocycles. The van der Waals surface area contributed by atoms with E-state index in [1.54, 1.807) is 0 Å². The summed E-state index contributed by atoms with van der Waals surface area (Å²) >= 11 is 0. The lowest BCUT2D eigenvalue weighted by Gasteiger charge is -2.15. The molecule has 1 aliphatic rings. The van der Waals surface area contributed by atoms with Crippen LogP contribution in [-0.4, -0.2) is 35.6 Å². The third-order valence-electron chi connectivity index (χ3n) is 5.55. The summed E-state index contributed by atoms with van der Waals surface area (Å²) in [7, 11) is 0. The van der Waals surface area contributed by atoms with Gasteiger partial charge in [-0.3, -0.25) is 4.79 Å². The molecule has 0 radical (unpaired) electrons. The Hall–Kier alpha value is -0.830. The van der Waals surface area contributed by atoms with Crippen LogP contribution < -0.4 is 0 Å². The maximum Gasteiger partial charge on any atom is 0.222 e. The number of unbranched alkanes of at least 4 members (excludes halogenated alkanes) is 11. The van der Waals surface area contributed by atoms with Crippen molar-refractivity contribution in [2.45, 2.75) is 103 Å². The summed E-state index contributed by atoms with van der Waals surface area (Å²) in [6, 6.07) is 0. The molecule has 0 aliphatic carbocycles. The minimum atomic E-state index is 0.219. The van der Waals surface area contributed by atoms with Gasteiger partial charge in [-0.15, -0.1) is 0 Å². The van der Waals surface area contributed by atoms with Crippen LogP contribution >= 0.6 is 0 Å². The van der Waals surface area contributed by atoms with Gasteiger partial charge in [-0.25, -0.2) is 0 Å². The van der Waals surface area contributed by atoms with Gasteiger partial charge in [-0.2, -0.15) is 0 Å². The molecule has 1 aliphatic heterocycles. The predicted octanol–water partition coefficient (Wildman–Crippen LogP) is 5.86. The Morgan fingerprint density at radius 2 is 1.50 bits per heavy atom. The molecule has 1 heterocycles. The van der Waals surface area contributed by atoms with E-state index in [0.717, 1.165) is 25.9 Å². The number of likely N-dealkylation sites (tertiary alicyclic amines) is 1. The summed E-state index contributed by atoms with van der Waals surface area (Å²) in [4.78, 5) is 14.0. The molecule has 0 aromatic rings. The fourth-order valence-electron chi connectivity index (χ4n) is 3.71. The third kappa shape index (κ3) is 11.7. The molecule has 3 nitrogen and oxygen atoms in total. The summed E-state index contributed by atoms with van der Waals surface area (Å²) < 4.78 is 0. The van der Waals surface area contributed by atoms with Crippen LogP contribution in [0.2, 0.25) is 0 Å². The fourth-order valence-corrected chi connectivity index (χ4v) is 3.71. The van der Waals surface area contributed by atoms with Crippen LogP contribution in [0.25, 0.3) is 0 Å². The molecule has 0 aromatic heterocycles. The summed E-state index contributed by atoms with van der Waals surface area (Å²) in [5.74, 6) is 0.603. The number of carbonyl (C=O) groups excluding carboxylic acids is 1. The molecule has 1 N–H and O–H groups in total. The number of hydrogen-bond acceptors (Lipinski definition) is 2. The topological polar surface area (TPSA) is 40.5 Å². The van der Waals surface area contributed by atoms with Crippen LogP contribution in [0, 0.1) is 5.92 Å². The molecular weight excluding hydrogens is 322 g/mol. The van der Waals surface area contributed by atoms with Crippen molar-refractivity contribution in [3.05, 3.63) is 12.2 Å². The Morgan fingerprint density at radius 3 is 2.08 bits per heavy atom. The van der Waals surface area contributed by atoms with E-state index in [4.69, 9.17) is 5.11 Å². The van der Waals surface area contributed by atoms with Crippen LogP contribution in [0.5, 0.6) is 0 Å². The standard InChI is InChI=1S/C23H43NO2/c1-2-3-4-5-6-7-8-9-10-11-12-13-14-15-16-17-23(26)24-19-18-22(20-24)21-25/h9-10,22,25H,2-8,11-21H2,1H3/b10-9-/t22-/m0/s1. The molecular formula is C23H43NO2. The average Bonchev–Trinajstić information content (AvgIpc) is 3.14. The fraction of sp³-hybridized carbons (Fsp3) is 0.870. The predicted molar refractivity (Wildman–Crippen MR) is 111 cm³/mol. The summed E-state index contributed by atoms with van der Waals surface area (Å²) in [5.41, 5.74) is 0. The van der Waals surface area contributed by atoms with E-state index in [0.29, 0.717) is 18.2 Å². The normalized spacial score (nSPS) is 17.5. The van der Waals surface area contributed by atoms with Gasteiger partial charge < -0.3 is 10.0 Å². The smallest absolute Gasteiger partial charge is 0.222 e. The van der Waals surface area contributed by atoms with E-state index in [1.807, 2.05) is 4.90 Å². The number of nitrogens with zero attached hydrogens (tertiary/aromatic N) is 1. The zero-order chi connectivity index (χ0) is 18.9. The number of rotatable bonds is 16. The van der Waals surface area contributed by atoms with Crippen LogP contribution in [-0.2, 0) is 4.79 Å². The summed E-state index contributed by atoms with van der Waals surface area (Å²) in [6.07, 6.45) is 23.1. The molecule has 0 bridgehead atoms. The highest BCUT2D eigenvalue weighted by Crippen LogP contribution is 2.17. The van der Waals surface area contributed by atoms with Gasteiger partial charge >= 0.3 is 0 Å². The Labute approximate surface area is 162 Å². The van der Waals surface area contributed by atoms with E-state index < -0.39 is 0 Å². The van der Waals surface area contributed by atoms with Gasteiger partial charge in [0.2, 0.25) is 5.91 Å². The van der Waals surface area contributed by atoms with Crippen LogP contribution in [0.3, 0.4) is 0 Å². The maximum absolute atomic E-state index is 12.1. The number of allylic oxidation sites excluding steroid dienone is 2. The van der Waals surface area contributed by atoms with E-state index in [1.165, 1.54) is 77.0 Å². The largest absolute Gasteiger partial charge is 0.396 e. The van der Waals surface area contributed by atoms with E-state index in [2.05, 4.69) is 19.1 Å². The molecule has 1 amide bonds. The van der Waals surface area contributed by atoms with Gasteiger partial charge in [-0.1, -0.05) is 70.4 Å². The van der Waals surface area contributed by atoms with Gasteiger partial charge in [0.1, 0.15) is 0 Å². The highest BCUT2D eigenvalue weighted by molar-refractivity contribution is 5.76. The molecule has 0 spiro atoms. The van der Waals surface area contributed by atoms with Gasteiger partial charge in [0.15, 0.2) is 0 Å². The zero-order valence-electron chi connectivity index (χ0n) is 17.3. The number of aliphatic hydroxyl groups excluding tert-OH is 1. The molecule has 1 atom stereocenters. The Bertz CT molecular complexity index is 367. The van der Waals surface area contributed by atoms with E-state index in [9.17, 15) is 4.79 Å². The quantitative estimate of drug-likeness (QED) is 0.275. The van der Waals surface area contributed by atoms with Crippen LogP contribution in [0.1, 0.15) is 103 Å². The van der Waals surface area contributed by atoms with Crippen LogP contribution in [0.4, 0.5) is 0 Å². The van der Waals surface area contributed by atoms with Crippen molar-refractivity contribution in [3.8, 4) is 0 Å². The van der Waals surface area contributed by atoms with Crippen molar-refractivity contribution in [3.63, 3.8) is 0 Å². The van der Waals surface area contributed by atoms with Crippen molar-refractivity contribution < 1.29 is 9.90 Å². The van der Waals surface area contributed by atoms with E-state index in [-0.39, 0.29) is 6.61 Å². The van der Waals surface area contributed by atoms with Crippen molar-refractivity contribution in [2.75, 3.05) is 19.7 Å². The highest BCUT2D eigenvalue weighted by atomic mass is 16.3. The van der Waals surface area contributed by atoms with E-state index >= 15 is 0 Å². The Balaban J connectivity index is 1.82. The first-order valence-electron chi connectivity index (χ1n) is 11.3. The third-order valence-corrected chi connectivity index (χ3v) is 5.55. The monoisotopic (exact) mass is 365 g/mol. The highest BCUT2D eigenvalue weighted by Gasteiger charge is 2.24. The first-order chi connectivity index (χ1) is 12.8. The summed E-state index contributed by atoms with van der Waals surface area (Å²) in [6.45, 7) is 4.09. The number of amides is 1. The Kier molecular flexibility index (Phi) is 14.6. The van der Waals surface area contributed by atoms with Crippen molar-refractivity contribution in [1.29, 1.82) is 0 Å². The number of hydrogen-bond donors (Lipinski definition) is 1. The first-order valence-corrected chi connectivity index (χ1v) is 11.3. The molecule has 0 saturated carbocycles. The molecule has 1 rings (SSSR count). The second kappa shape index (κ2) is 16.4. The number of carbonyl (C=O) groups is 1. The van der Waals surface area contributed by atoms with Crippen molar-refractivity contribution in [2.24, 2.45) is 5.92 Å². The van der Waals surface area contributed by atoms with Gasteiger partial charge in [-0.05, 0) is 38.5 Å². The summed E-state index contributed by atoms with van der Waals surface area (Å²) in [5, 5.41) is 9.14. The lowest BCUT2D eigenvalue weighted by Crippen LogP contribution is -2.28. The van der Waals surface area contributed by atoms with Crippen molar-refractivity contribution >= 4 is 5.91 Å². The second-order valence-corrected chi connectivity index (χ2v) is 8.01. The lowest BCUT2D eigenvalue weighted by molar-refractivity contribution is -0.130. The SMILES string of the molecule is CCCCCCCC/C=C\CCCCCCCC(=O)N1CC[C@H](CO)C1. The van der Waals surface area contributed by atoms with Crippen LogP contribution in [0.15, 0.2) is 12.2 Å². The average molecular weight is 366 g/mol. The molecule has 152 valence electrons. The van der Waals surface area contributed by atoms with Gasteiger partial charge in [0.25, 0.3) is 0 Å². The number of aliphatic hydroxyl groups is 1. The molecule has 26 heavy (non-hydrogen) atoms. The van der Waals surface area contributed by atoms with Gasteiger partial charge in [0, 0.05) is 32.0 Å². The first kappa shape index (κ1) is 23.2. The minimum Gasteiger partial charge on any atom is -0.396 e. The minimum absolute atomic E-state index is 0.219.